The zero-order valence-electron chi connectivity index (χ0n) is 13.0. The Morgan fingerprint density at radius 1 is 1.11 bits per heavy atom. The Hall–Kier alpha value is -0.0800. The molecule has 3 rings (SSSR count). The van der Waals surface area contributed by atoms with Crippen molar-refractivity contribution in [2.75, 3.05) is 19.6 Å². The Morgan fingerprint density at radius 3 is 2.32 bits per heavy atom. The fourth-order valence-corrected chi connectivity index (χ4v) is 3.78. The molecule has 0 saturated heterocycles. The van der Waals surface area contributed by atoms with Crippen LogP contribution in [0.25, 0.3) is 0 Å². The van der Waals surface area contributed by atoms with Crippen molar-refractivity contribution in [1.82, 2.24) is 10.2 Å². The van der Waals surface area contributed by atoms with Crippen LogP contribution in [0.4, 0.5) is 0 Å². The zero-order valence-corrected chi connectivity index (χ0v) is 13.0. The molecule has 2 nitrogen and oxygen atoms in total. The average Bonchev–Trinajstić information content (AvgIpc) is 3.27. The van der Waals surface area contributed by atoms with E-state index in [0.717, 1.165) is 12.0 Å². The fraction of sp³-hybridized carbons (Fsp3) is 1.00. The van der Waals surface area contributed by atoms with E-state index in [9.17, 15) is 0 Å². The van der Waals surface area contributed by atoms with Crippen LogP contribution in [0.2, 0.25) is 0 Å². The van der Waals surface area contributed by atoms with Gasteiger partial charge in [0.15, 0.2) is 0 Å². The standard InChI is InChI=1S/C17H32N2/c1-14(2)18-12-17(9-3-4-10-17)13-19(16-7-8-16)11-15-5-6-15/h14-16,18H,3-13H2,1-2H3. The van der Waals surface area contributed by atoms with Crippen LogP contribution in [-0.2, 0) is 0 Å². The molecule has 0 atom stereocenters. The molecular formula is C17H32N2. The van der Waals surface area contributed by atoms with E-state index in [1.807, 2.05) is 0 Å². The van der Waals surface area contributed by atoms with Gasteiger partial charge in [-0.3, -0.25) is 4.90 Å². The molecule has 19 heavy (non-hydrogen) atoms. The van der Waals surface area contributed by atoms with Crippen LogP contribution >= 0.6 is 0 Å². The topological polar surface area (TPSA) is 15.3 Å². The molecule has 3 aliphatic rings. The summed E-state index contributed by atoms with van der Waals surface area (Å²) in [4.78, 5) is 2.88. The predicted octanol–water partition coefficient (Wildman–Crippen LogP) is 3.42. The minimum absolute atomic E-state index is 0.599. The number of hydrogen-bond acceptors (Lipinski definition) is 2. The number of hydrogen-bond donors (Lipinski definition) is 1. The van der Waals surface area contributed by atoms with Gasteiger partial charge in [-0.25, -0.2) is 0 Å². The van der Waals surface area contributed by atoms with E-state index in [4.69, 9.17) is 0 Å². The van der Waals surface area contributed by atoms with Gasteiger partial charge in [0.1, 0.15) is 0 Å². The van der Waals surface area contributed by atoms with Gasteiger partial charge in [0.2, 0.25) is 0 Å². The molecule has 2 heteroatoms. The van der Waals surface area contributed by atoms with Crippen molar-refractivity contribution in [2.24, 2.45) is 11.3 Å². The van der Waals surface area contributed by atoms with Crippen LogP contribution in [-0.4, -0.2) is 36.6 Å². The number of rotatable bonds is 8. The van der Waals surface area contributed by atoms with Gasteiger partial charge < -0.3 is 5.32 Å². The minimum Gasteiger partial charge on any atom is -0.314 e. The first-order valence-corrected chi connectivity index (χ1v) is 8.64. The third kappa shape index (κ3) is 3.95. The van der Waals surface area contributed by atoms with E-state index in [2.05, 4.69) is 24.1 Å². The highest BCUT2D eigenvalue weighted by atomic mass is 15.2. The normalized spacial score (nSPS) is 26.5. The van der Waals surface area contributed by atoms with Crippen molar-refractivity contribution in [1.29, 1.82) is 0 Å². The molecule has 110 valence electrons. The molecule has 0 radical (unpaired) electrons. The first kappa shape index (κ1) is 13.9. The summed E-state index contributed by atoms with van der Waals surface area (Å²) in [5.41, 5.74) is 0.599. The van der Waals surface area contributed by atoms with Gasteiger partial charge in [0.05, 0.1) is 0 Å². The van der Waals surface area contributed by atoms with Crippen LogP contribution in [0.1, 0.15) is 65.2 Å². The molecule has 0 aromatic carbocycles. The third-order valence-corrected chi connectivity index (χ3v) is 5.34. The molecule has 0 spiro atoms. The lowest BCUT2D eigenvalue weighted by atomic mass is 9.85. The van der Waals surface area contributed by atoms with E-state index >= 15 is 0 Å². The summed E-state index contributed by atoms with van der Waals surface area (Å²) in [7, 11) is 0. The van der Waals surface area contributed by atoms with Gasteiger partial charge >= 0.3 is 0 Å². The Morgan fingerprint density at radius 2 is 1.79 bits per heavy atom. The summed E-state index contributed by atoms with van der Waals surface area (Å²) in [5, 5.41) is 3.74. The minimum atomic E-state index is 0.599. The van der Waals surface area contributed by atoms with Crippen molar-refractivity contribution in [3.8, 4) is 0 Å². The Balaban J connectivity index is 1.58. The van der Waals surface area contributed by atoms with Gasteiger partial charge in [0.25, 0.3) is 0 Å². The maximum absolute atomic E-state index is 3.74. The summed E-state index contributed by atoms with van der Waals surface area (Å²) < 4.78 is 0. The largest absolute Gasteiger partial charge is 0.314 e. The van der Waals surface area contributed by atoms with E-state index in [-0.39, 0.29) is 0 Å². The van der Waals surface area contributed by atoms with Crippen LogP contribution in [0.5, 0.6) is 0 Å². The Labute approximate surface area is 119 Å². The first-order valence-electron chi connectivity index (χ1n) is 8.64. The molecule has 0 aliphatic heterocycles. The van der Waals surface area contributed by atoms with Crippen LogP contribution in [0, 0.1) is 11.3 Å². The van der Waals surface area contributed by atoms with Crippen molar-refractivity contribution in [3.05, 3.63) is 0 Å². The van der Waals surface area contributed by atoms with Crippen LogP contribution in [0.15, 0.2) is 0 Å². The highest BCUT2D eigenvalue weighted by Crippen LogP contribution is 2.42. The van der Waals surface area contributed by atoms with Crippen molar-refractivity contribution >= 4 is 0 Å². The molecule has 0 bridgehead atoms. The molecule has 3 aliphatic carbocycles. The second kappa shape index (κ2) is 5.73. The predicted molar refractivity (Wildman–Crippen MR) is 81.4 cm³/mol. The molecule has 0 heterocycles. The fourth-order valence-electron chi connectivity index (χ4n) is 3.78. The molecule has 0 unspecified atom stereocenters. The lowest BCUT2D eigenvalue weighted by molar-refractivity contribution is 0.135. The maximum Gasteiger partial charge on any atom is 0.00967 e. The Bertz CT molecular complexity index is 286. The lowest BCUT2D eigenvalue weighted by Crippen LogP contribution is -2.45. The van der Waals surface area contributed by atoms with Crippen molar-refractivity contribution < 1.29 is 0 Å². The number of nitrogens with zero attached hydrogens (tertiary/aromatic N) is 1. The monoisotopic (exact) mass is 264 g/mol. The van der Waals surface area contributed by atoms with E-state index < -0.39 is 0 Å². The molecule has 0 aromatic rings. The summed E-state index contributed by atoms with van der Waals surface area (Å²) in [6, 6.07) is 1.59. The smallest absolute Gasteiger partial charge is 0.00967 e. The molecule has 0 aromatic heterocycles. The maximum atomic E-state index is 3.74. The number of nitrogens with one attached hydrogen (secondary N) is 1. The molecule has 1 N–H and O–H groups in total. The SMILES string of the molecule is CC(C)NCC1(CN(CC2CC2)C2CC2)CCCC1. The summed E-state index contributed by atoms with van der Waals surface area (Å²) in [6.45, 7) is 8.61. The van der Waals surface area contributed by atoms with E-state index in [0.29, 0.717) is 11.5 Å². The highest BCUT2D eigenvalue weighted by molar-refractivity contribution is 4.95. The van der Waals surface area contributed by atoms with E-state index in [1.54, 1.807) is 0 Å². The van der Waals surface area contributed by atoms with Gasteiger partial charge in [-0.15, -0.1) is 0 Å². The molecule has 0 amide bonds. The quantitative estimate of drug-likeness (QED) is 0.722. The van der Waals surface area contributed by atoms with Gasteiger partial charge in [-0.05, 0) is 49.9 Å². The second-order valence-corrected chi connectivity index (χ2v) is 7.85. The third-order valence-electron chi connectivity index (χ3n) is 5.34. The lowest BCUT2D eigenvalue weighted by Gasteiger charge is -2.36. The van der Waals surface area contributed by atoms with E-state index in [1.165, 1.54) is 71.0 Å². The Kier molecular flexibility index (Phi) is 4.19. The van der Waals surface area contributed by atoms with Gasteiger partial charge in [-0.1, -0.05) is 26.7 Å². The average molecular weight is 264 g/mol. The summed E-state index contributed by atoms with van der Waals surface area (Å²) >= 11 is 0. The van der Waals surface area contributed by atoms with Crippen molar-refractivity contribution in [2.45, 2.75) is 77.3 Å². The van der Waals surface area contributed by atoms with Gasteiger partial charge in [0, 0.05) is 31.7 Å². The summed E-state index contributed by atoms with van der Waals surface area (Å²) in [6.07, 6.45) is 11.8. The molecule has 3 fully saturated rings. The molecule has 3 saturated carbocycles. The summed E-state index contributed by atoms with van der Waals surface area (Å²) in [5.74, 6) is 1.05. The van der Waals surface area contributed by atoms with Crippen LogP contribution in [0.3, 0.4) is 0 Å². The first-order chi connectivity index (χ1) is 9.17. The van der Waals surface area contributed by atoms with Crippen molar-refractivity contribution in [3.63, 3.8) is 0 Å². The van der Waals surface area contributed by atoms with Gasteiger partial charge in [-0.2, -0.15) is 0 Å². The van der Waals surface area contributed by atoms with Crippen LogP contribution < -0.4 is 5.32 Å². The highest BCUT2D eigenvalue weighted by Gasteiger charge is 2.41. The molecular weight excluding hydrogens is 232 g/mol. The zero-order chi connectivity index (χ0) is 13.3. The second-order valence-electron chi connectivity index (χ2n) is 7.85.